The number of sulfonamides is 1. The van der Waals surface area contributed by atoms with Crippen molar-refractivity contribution in [2.75, 3.05) is 23.7 Å². The van der Waals surface area contributed by atoms with E-state index in [4.69, 9.17) is 11.6 Å². The molecule has 7 nitrogen and oxygen atoms in total. The minimum Gasteiger partial charge on any atom is -0.354 e. The highest BCUT2D eigenvalue weighted by molar-refractivity contribution is 9.10. The Balaban J connectivity index is 1.88. The fourth-order valence-corrected chi connectivity index (χ4v) is 6.15. The van der Waals surface area contributed by atoms with Gasteiger partial charge in [0.15, 0.2) is 0 Å². The van der Waals surface area contributed by atoms with E-state index < -0.39 is 16.1 Å². The average molecular weight is 677 g/mol. The molecular formula is C32H39BrClN3O4S. The van der Waals surface area contributed by atoms with Gasteiger partial charge in [0.05, 0.1) is 11.9 Å². The molecule has 0 heterocycles. The first-order chi connectivity index (χ1) is 20.0. The van der Waals surface area contributed by atoms with Crippen molar-refractivity contribution in [2.45, 2.75) is 58.5 Å². The summed E-state index contributed by atoms with van der Waals surface area (Å²) in [7, 11) is -3.63. The number of carbonyl (C=O) groups is 2. The Bertz CT molecular complexity index is 1440. The molecule has 0 aliphatic rings. The normalized spacial score (nSPS) is 12.0. The van der Waals surface area contributed by atoms with E-state index >= 15 is 0 Å². The summed E-state index contributed by atoms with van der Waals surface area (Å²) in [6, 6.07) is 21.7. The Morgan fingerprint density at radius 3 is 2.29 bits per heavy atom. The van der Waals surface area contributed by atoms with Crippen LogP contribution < -0.4 is 9.62 Å². The van der Waals surface area contributed by atoms with Gasteiger partial charge in [-0.15, -0.1) is 0 Å². The molecule has 0 radical (unpaired) electrons. The molecule has 0 fully saturated rings. The summed E-state index contributed by atoms with van der Waals surface area (Å²) in [5, 5.41) is 3.49. The van der Waals surface area contributed by atoms with Gasteiger partial charge in [0.25, 0.3) is 0 Å². The Labute approximate surface area is 263 Å². The maximum absolute atomic E-state index is 13.9. The van der Waals surface area contributed by atoms with Crippen molar-refractivity contribution in [3.8, 4) is 0 Å². The fraction of sp³-hybridized carbons (Fsp3) is 0.375. The molecule has 3 aromatic rings. The van der Waals surface area contributed by atoms with E-state index in [1.54, 1.807) is 30.0 Å². The lowest BCUT2D eigenvalue weighted by Crippen LogP contribution is -2.50. The lowest BCUT2D eigenvalue weighted by atomic mass is 10.0. The zero-order valence-corrected chi connectivity index (χ0v) is 27.5. The molecule has 1 N–H and O–H groups in total. The van der Waals surface area contributed by atoms with Gasteiger partial charge in [0, 0.05) is 42.0 Å². The maximum Gasteiger partial charge on any atom is 0.243 e. The van der Waals surface area contributed by atoms with Crippen molar-refractivity contribution in [3.63, 3.8) is 0 Å². The van der Waals surface area contributed by atoms with Crippen LogP contribution in [-0.4, -0.2) is 50.5 Å². The summed E-state index contributed by atoms with van der Waals surface area (Å²) < 4.78 is 27.7. The zero-order chi connectivity index (χ0) is 30.7. The summed E-state index contributed by atoms with van der Waals surface area (Å²) in [6.45, 7) is 4.70. The SMILES string of the molecule is CCCCNC(=O)[C@@H](Cc1ccccc1)N(Cc1ccc(Br)cc1)C(=O)CCCN(c1cccc(Cl)c1C)S(C)(=O)=O. The van der Waals surface area contributed by atoms with Gasteiger partial charge in [0.2, 0.25) is 21.8 Å². The summed E-state index contributed by atoms with van der Waals surface area (Å²) in [6.07, 6.45) is 3.62. The summed E-state index contributed by atoms with van der Waals surface area (Å²) in [4.78, 5) is 29.1. The predicted molar refractivity (Wildman–Crippen MR) is 174 cm³/mol. The third-order valence-electron chi connectivity index (χ3n) is 7.03. The van der Waals surface area contributed by atoms with Crippen LogP contribution in [0.4, 0.5) is 5.69 Å². The van der Waals surface area contributed by atoms with Crippen molar-refractivity contribution in [2.24, 2.45) is 0 Å². The Morgan fingerprint density at radius 1 is 0.952 bits per heavy atom. The standard InChI is InChI=1S/C32H39BrClN3O4S/c1-4-5-20-35-32(39)30(22-25-11-7-6-8-12-25)36(23-26-16-18-27(33)19-17-26)31(38)15-10-21-37(42(3,40)41)29-14-9-13-28(34)24(29)2/h6-9,11-14,16-19,30H,4-5,10,15,20-23H2,1-3H3,(H,35,39)/t30-/m1/s1. The highest BCUT2D eigenvalue weighted by atomic mass is 79.9. The number of nitrogens with one attached hydrogen (secondary N) is 1. The molecule has 0 spiro atoms. The van der Waals surface area contributed by atoms with Crippen molar-refractivity contribution in [3.05, 3.63) is 99.0 Å². The molecule has 0 aliphatic heterocycles. The molecule has 2 amide bonds. The predicted octanol–water partition coefficient (Wildman–Crippen LogP) is 6.51. The van der Waals surface area contributed by atoms with Crippen molar-refractivity contribution in [1.29, 1.82) is 0 Å². The lowest BCUT2D eigenvalue weighted by Gasteiger charge is -2.32. The molecule has 0 unspecified atom stereocenters. The van der Waals surface area contributed by atoms with Gasteiger partial charge in [-0.3, -0.25) is 13.9 Å². The van der Waals surface area contributed by atoms with Crippen molar-refractivity contribution < 1.29 is 18.0 Å². The van der Waals surface area contributed by atoms with Gasteiger partial charge in [0.1, 0.15) is 6.04 Å². The number of benzene rings is 3. The van der Waals surface area contributed by atoms with Crippen LogP contribution in [0, 0.1) is 6.92 Å². The smallest absolute Gasteiger partial charge is 0.243 e. The minimum atomic E-state index is -3.63. The molecular weight excluding hydrogens is 638 g/mol. The number of halogens is 2. The van der Waals surface area contributed by atoms with Gasteiger partial charge >= 0.3 is 0 Å². The van der Waals surface area contributed by atoms with Crippen molar-refractivity contribution in [1.82, 2.24) is 10.2 Å². The van der Waals surface area contributed by atoms with E-state index in [1.165, 1.54) is 4.31 Å². The van der Waals surface area contributed by atoms with E-state index in [0.717, 1.165) is 34.7 Å². The largest absolute Gasteiger partial charge is 0.354 e. The number of carbonyl (C=O) groups excluding carboxylic acids is 2. The van der Waals surface area contributed by atoms with E-state index in [9.17, 15) is 18.0 Å². The quantitative estimate of drug-likeness (QED) is 0.186. The molecule has 0 aliphatic carbocycles. The molecule has 0 bridgehead atoms. The number of rotatable bonds is 15. The van der Waals surface area contributed by atoms with Crippen LogP contribution >= 0.6 is 27.5 Å². The number of unbranched alkanes of at least 4 members (excludes halogenated alkanes) is 1. The second kappa shape index (κ2) is 16.1. The first-order valence-electron chi connectivity index (χ1n) is 14.1. The molecule has 0 saturated heterocycles. The van der Waals surface area contributed by atoms with E-state index in [2.05, 4.69) is 28.2 Å². The molecule has 3 aromatic carbocycles. The number of hydrogen-bond donors (Lipinski definition) is 1. The third kappa shape index (κ3) is 9.85. The lowest BCUT2D eigenvalue weighted by molar-refractivity contribution is -0.141. The summed E-state index contributed by atoms with van der Waals surface area (Å²) in [5.41, 5.74) is 2.97. The molecule has 42 heavy (non-hydrogen) atoms. The number of hydrogen-bond acceptors (Lipinski definition) is 4. The van der Waals surface area contributed by atoms with Crippen LogP contribution in [-0.2, 0) is 32.6 Å². The van der Waals surface area contributed by atoms with Gasteiger partial charge in [-0.1, -0.05) is 89.4 Å². The van der Waals surface area contributed by atoms with E-state index in [1.807, 2.05) is 54.6 Å². The second-order valence-electron chi connectivity index (χ2n) is 10.3. The molecule has 0 saturated carbocycles. The van der Waals surface area contributed by atoms with Gasteiger partial charge in [-0.2, -0.15) is 0 Å². The molecule has 0 aromatic heterocycles. The van der Waals surface area contributed by atoms with Crippen LogP contribution in [0.2, 0.25) is 5.02 Å². The van der Waals surface area contributed by atoms with Crippen LogP contribution in [0.15, 0.2) is 77.3 Å². The van der Waals surface area contributed by atoms with Crippen LogP contribution in [0.5, 0.6) is 0 Å². The maximum atomic E-state index is 13.9. The topological polar surface area (TPSA) is 86.8 Å². The Kier molecular flexibility index (Phi) is 12.9. The second-order valence-corrected chi connectivity index (χ2v) is 13.6. The van der Waals surface area contributed by atoms with E-state index in [0.29, 0.717) is 29.2 Å². The van der Waals surface area contributed by atoms with Crippen LogP contribution in [0.1, 0.15) is 49.3 Å². The third-order valence-corrected chi connectivity index (χ3v) is 9.14. The monoisotopic (exact) mass is 675 g/mol. The van der Waals surface area contributed by atoms with Crippen LogP contribution in [0.3, 0.4) is 0 Å². The summed E-state index contributed by atoms with van der Waals surface area (Å²) >= 11 is 9.73. The summed E-state index contributed by atoms with van der Waals surface area (Å²) in [5.74, 6) is -0.425. The molecule has 226 valence electrons. The average Bonchev–Trinajstić information content (AvgIpc) is 2.95. The fourth-order valence-electron chi connectivity index (χ4n) is 4.70. The first-order valence-corrected chi connectivity index (χ1v) is 17.1. The highest BCUT2D eigenvalue weighted by Crippen LogP contribution is 2.28. The van der Waals surface area contributed by atoms with Gasteiger partial charge in [-0.25, -0.2) is 8.42 Å². The Morgan fingerprint density at radius 2 is 1.64 bits per heavy atom. The number of amides is 2. The molecule has 1 atom stereocenters. The first kappa shape index (κ1) is 33.6. The minimum absolute atomic E-state index is 0.0652. The number of anilines is 1. The number of nitrogens with zero attached hydrogens (tertiary/aromatic N) is 2. The van der Waals surface area contributed by atoms with Gasteiger partial charge < -0.3 is 10.2 Å². The van der Waals surface area contributed by atoms with Gasteiger partial charge in [-0.05, 0) is 60.7 Å². The Hall–Kier alpha value is -2.88. The van der Waals surface area contributed by atoms with E-state index in [-0.39, 0.29) is 37.7 Å². The molecule has 10 heteroatoms. The zero-order valence-electron chi connectivity index (χ0n) is 24.4. The van der Waals surface area contributed by atoms with Crippen LogP contribution in [0.25, 0.3) is 0 Å². The molecule has 3 rings (SSSR count). The van der Waals surface area contributed by atoms with Crippen molar-refractivity contribution >= 4 is 55.1 Å². The highest BCUT2D eigenvalue weighted by Gasteiger charge is 2.30.